The van der Waals surface area contributed by atoms with E-state index in [0.29, 0.717) is 43.3 Å². The van der Waals surface area contributed by atoms with E-state index in [1.165, 1.54) is 0 Å². The van der Waals surface area contributed by atoms with Gasteiger partial charge >= 0.3 is 0 Å². The van der Waals surface area contributed by atoms with E-state index >= 15 is 0 Å². The van der Waals surface area contributed by atoms with Gasteiger partial charge in [-0.25, -0.2) is 18.7 Å². The molecule has 162 valence electrons. The minimum Gasteiger partial charge on any atom is -0.477 e. The third kappa shape index (κ3) is 5.57. The van der Waals surface area contributed by atoms with Crippen molar-refractivity contribution in [3.63, 3.8) is 0 Å². The predicted octanol–water partition coefficient (Wildman–Crippen LogP) is 3.84. The second-order valence-corrected chi connectivity index (χ2v) is 7.45. The average Bonchev–Trinajstić information content (AvgIpc) is 2.74. The Kier molecular flexibility index (Phi) is 7.56. The molecule has 0 spiro atoms. The van der Waals surface area contributed by atoms with E-state index in [1.807, 2.05) is 19.1 Å². The summed E-state index contributed by atoms with van der Waals surface area (Å²) in [6.45, 7) is 3.71. The maximum absolute atomic E-state index is 12.3. The Balaban J connectivity index is 1.75. The molecule has 10 heteroatoms. The Morgan fingerprint density at radius 1 is 1.29 bits per heavy atom. The lowest BCUT2D eigenvalue weighted by atomic mass is 9.96. The number of nitrogens with one attached hydrogen (secondary N) is 1. The molecular weight excluding hydrogens is 426 g/mol. The van der Waals surface area contributed by atoms with Crippen LogP contribution in [0.25, 0.3) is 0 Å². The summed E-state index contributed by atoms with van der Waals surface area (Å²) in [5, 5.41) is 21.5. The van der Waals surface area contributed by atoms with E-state index in [0.717, 1.165) is 22.4 Å². The fraction of sp³-hybridized carbons (Fsp3) is 0.429. The molecule has 3 heterocycles. The number of nitriles is 2. The summed E-state index contributed by atoms with van der Waals surface area (Å²) in [6.07, 6.45) is -2.11. The standard InChI is InChI=1S/C21H21ClF2N6O/c1-13-14(2-3-19(28-13)31-9-5-18(23)24)11-30-8-4-15-16(10-26)20(22)29-21(17(15)12-30)27-7-6-25/h2-3,18H,4-5,7-9,11-12H2,1H3,(H,27,29). The number of aryl methyl sites for hydroxylation is 1. The number of rotatable bonds is 8. The quantitative estimate of drug-likeness (QED) is 0.486. The summed E-state index contributed by atoms with van der Waals surface area (Å²) in [6, 6.07) is 7.72. The molecule has 7 nitrogen and oxygen atoms in total. The Labute approximate surface area is 184 Å². The van der Waals surface area contributed by atoms with E-state index < -0.39 is 6.43 Å². The first-order valence-corrected chi connectivity index (χ1v) is 10.1. The van der Waals surface area contributed by atoms with Crippen LogP contribution in [0.15, 0.2) is 12.1 Å². The molecule has 0 aromatic carbocycles. The molecule has 0 aliphatic carbocycles. The van der Waals surface area contributed by atoms with Crippen molar-refractivity contribution in [2.45, 2.75) is 39.3 Å². The molecule has 0 atom stereocenters. The van der Waals surface area contributed by atoms with Crippen LogP contribution in [0.3, 0.4) is 0 Å². The second-order valence-electron chi connectivity index (χ2n) is 7.09. The van der Waals surface area contributed by atoms with Gasteiger partial charge in [-0.3, -0.25) is 4.90 Å². The number of alkyl halides is 2. The fourth-order valence-electron chi connectivity index (χ4n) is 3.48. The maximum atomic E-state index is 12.3. The highest BCUT2D eigenvalue weighted by molar-refractivity contribution is 6.30. The normalized spacial score (nSPS) is 13.4. The minimum absolute atomic E-state index is 0.0811. The Bertz CT molecular complexity index is 1030. The molecule has 0 saturated heterocycles. The number of fused-ring (bicyclic) bond motifs is 1. The van der Waals surface area contributed by atoms with E-state index in [4.69, 9.17) is 21.6 Å². The molecule has 0 fully saturated rings. The summed E-state index contributed by atoms with van der Waals surface area (Å²) in [4.78, 5) is 10.8. The zero-order chi connectivity index (χ0) is 22.4. The molecule has 1 aliphatic rings. The molecule has 0 saturated carbocycles. The van der Waals surface area contributed by atoms with Crippen LogP contribution in [0.4, 0.5) is 14.6 Å². The van der Waals surface area contributed by atoms with Gasteiger partial charge in [-0.1, -0.05) is 17.7 Å². The van der Waals surface area contributed by atoms with Crippen LogP contribution in [0.2, 0.25) is 5.15 Å². The van der Waals surface area contributed by atoms with Gasteiger partial charge in [0.05, 0.1) is 18.2 Å². The lowest BCUT2D eigenvalue weighted by molar-refractivity contribution is 0.113. The summed E-state index contributed by atoms with van der Waals surface area (Å²) in [7, 11) is 0. The first-order chi connectivity index (χ1) is 14.9. The SMILES string of the molecule is Cc1nc(OCCC(F)F)ccc1CN1CCc2c(C#N)c(Cl)nc(NCC#N)c2C1. The fourth-order valence-corrected chi connectivity index (χ4v) is 3.73. The molecule has 2 aromatic heterocycles. The zero-order valence-corrected chi connectivity index (χ0v) is 17.7. The van der Waals surface area contributed by atoms with Crippen LogP contribution in [-0.4, -0.2) is 41.0 Å². The monoisotopic (exact) mass is 446 g/mol. The summed E-state index contributed by atoms with van der Waals surface area (Å²) < 4.78 is 29.8. The average molecular weight is 447 g/mol. The van der Waals surface area contributed by atoms with Gasteiger partial charge in [0.15, 0.2) is 0 Å². The van der Waals surface area contributed by atoms with Gasteiger partial charge in [0, 0.05) is 43.4 Å². The molecule has 3 rings (SSSR count). The molecule has 0 amide bonds. The van der Waals surface area contributed by atoms with E-state index in [-0.39, 0.29) is 24.7 Å². The lowest BCUT2D eigenvalue weighted by Gasteiger charge is -2.31. The highest BCUT2D eigenvalue weighted by Crippen LogP contribution is 2.32. The molecule has 2 aromatic rings. The molecule has 0 radical (unpaired) electrons. The Morgan fingerprint density at radius 3 is 2.77 bits per heavy atom. The second kappa shape index (κ2) is 10.3. The Hall–Kier alpha value is -3.01. The van der Waals surface area contributed by atoms with E-state index in [2.05, 4.69) is 26.3 Å². The van der Waals surface area contributed by atoms with Gasteiger partial charge in [-0.2, -0.15) is 10.5 Å². The number of nitrogens with zero attached hydrogens (tertiary/aromatic N) is 5. The zero-order valence-electron chi connectivity index (χ0n) is 17.0. The third-order valence-corrected chi connectivity index (χ3v) is 5.30. The topological polar surface area (TPSA) is 97.9 Å². The minimum atomic E-state index is -2.40. The molecule has 1 N–H and O–H groups in total. The van der Waals surface area contributed by atoms with Crippen molar-refractivity contribution in [1.29, 1.82) is 10.5 Å². The van der Waals surface area contributed by atoms with E-state index in [9.17, 15) is 14.0 Å². The van der Waals surface area contributed by atoms with Crippen molar-refractivity contribution in [3.8, 4) is 18.0 Å². The molecule has 31 heavy (non-hydrogen) atoms. The van der Waals surface area contributed by atoms with Crippen molar-refractivity contribution in [2.24, 2.45) is 0 Å². The number of anilines is 1. The largest absolute Gasteiger partial charge is 0.477 e. The summed E-state index contributed by atoms with van der Waals surface area (Å²) in [5.41, 5.74) is 3.84. The van der Waals surface area contributed by atoms with Gasteiger partial charge < -0.3 is 10.1 Å². The first-order valence-electron chi connectivity index (χ1n) is 9.75. The number of ether oxygens (including phenoxy) is 1. The van der Waals surface area contributed by atoms with Crippen molar-refractivity contribution in [2.75, 3.05) is 25.0 Å². The summed E-state index contributed by atoms with van der Waals surface area (Å²) in [5.74, 6) is 0.842. The number of hydrogen-bond acceptors (Lipinski definition) is 7. The number of halogens is 3. The lowest BCUT2D eigenvalue weighted by Crippen LogP contribution is -2.32. The first kappa shape index (κ1) is 22.7. The molecule has 0 bridgehead atoms. The van der Waals surface area contributed by atoms with Crippen molar-refractivity contribution < 1.29 is 13.5 Å². The molecule has 1 aliphatic heterocycles. The van der Waals surface area contributed by atoms with Crippen molar-refractivity contribution >= 4 is 17.4 Å². The van der Waals surface area contributed by atoms with Crippen LogP contribution < -0.4 is 10.1 Å². The van der Waals surface area contributed by atoms with Crippen LogP contribution >= 0.6 is 11.6 Å². The molecule has 0 unspecified atom stereocenters. The van der Waals surface area contributed by atoms with Crippen molar-refractivity contribution in [3.05, 3.63) is 45.2 Å². The number of hydrogen-bond donors (Lipinski definition) is 1. The molecular formula is C21H21ClF2N6O. The smallest absolute Gasteiger partial charge is 0.241 e. The van der Waals surface area contributed by atoms with Crippen LogP contribution in [-0.2, 0) is 19.5 Å². The van der Waals surface area contributed by atoms with Gasteiger partial charge in [-0.15, -0.1) is 0 Å². The van der Waals surface area contributed by atoms with Crippen LogP contribution in [0.1, 0.15) is 34.4 Å². The number of pyridine rings is 2. The van der Waals surface area contributed by atoms with Gasteiger partial charge in [0.1, 0.15) is 23.6 Å². The van der Waals surface area contributed by atoms with Gasteiger partial charge in [0.25, 0.3) is 0 Å². The highest BCUT2D eigenvalue weighted by atomic mass is 35.5. The predicted molar refractivity (Wildman–Crippen MR) is 111 cm³/mol. The van der Waals surface area contributed by atoms with Gasteiger partial charge in [-0.05, 0) is 24.5 Å². The van der Waals surface area contributed by atoms with Crippen LogP contribution in [0.5, 0.6) is 5.88 Å². The van der Waals surface area contributed by atoms with E-state index in [1.54, 1.807) is 6.07 Å². The highest BCUT2D eigenvalue weighted by Gasteiger charge is 2.25. The Morgan fingerprint density at radius 2 is 2.10 bits per heavy atom. The van der Waals surface area contributed by atoms with Crippen molar-refractivity contribution in [1.82, 2.24) is 14.9 Å². The summed E-state index contributed by atoms with van der Waals surface area (Å²) >= 11 is 6.17. The number of aromatic nitrogens is 2. The van der Waals surface area contributed by atoms with Gasteiger partial charge in [0.2, 0.25) is 12.3 Å². The van der Waals surface area contributed by atoms with Crippen LogP contribution in [0, 0.1) is 29.6 Å². The maximum Gasteiger partial charge on any atom is 0.241 e. The third-order valence-electron chi connectivity index (χ3n) is 5.02.